The largest absolute Gasteiger partial charge is 0.494 e. The van der Waals surface area contributed by atoms with Gasteiger partial charge in [0.1, 0.15) is 35.5 Å². The second-order valence-electron chi connectivity index (χ2n) is 13.3. The van der Waals surface area contributed by atoms with Crippen LogP contribution in [0.15, 0.2) is 18.2 Å². The van der Waals surface area contributed by atoms with Crippen LogP contribution in [0.4, 0.5) is 4.79 Å². The molecule has 0 unspecified atom stereocenters. The Hall–Kier alpha value is -3.43. The number of carbonyl (C=O) groups is 3. The molecule has 2 aromatic rings. The van der Waals surface area contributed by atoms with E-state index in [0.29, 0.717) is 36.1 Å². The molecule has 2 bridgehead atoms. The molecule has 2 amide bonds. The van der Waals surface area contributed by atoms with E-state index in [1.807, 2.05) is 59.7 Å². The summed E-state index contributed by atoms with van der Waals surface area (Å²) in [5.41, 5.74) is 1.05. The van der Waals surface area contributed by atoms with Gasteiger partial charge in [0.2, 0.25) is 11.8 Å². The number of aryl methyl sites for hydroxylation is 1. The number of carbonyl (C=O) groups excluding carboxylic acids is 3. The van der Waals surface area contributed by atoms with Crippen LogP contribution in [0.2, 0.25) is 0 Å². The lowest BCUT2D eigenvalue weighted by molar-refractivity contribution is -0.139. The molecule has 0 radical (unpaired) electrons. The Bertz CT molecular complexity index is 1340. The Morgan fingerprint density at radius 3 is 2.67 bits per heavy atom. The minimum atomic E-state index is -0.883. The van der Waals surface area contributed by atoms with Gasteiger partial charge in [0.15, 0.2) is 0 Å². The van der Waals surface area contributed by atoms with Gasteiger partial charge in [0, 0.05) is 17.9 Å². The van der Waals surface area contributed by atoms with E-state index in [1.165, 1.54) is 4.90 Å². The van der Waals surface area contributed by atoms with Gasteiger partial charge >= 0.3 is 6.09 Å². The Labute approximate surface area is 247 Å². The number of fused-ring (bicyclic) bond motifs is 5. The molecule has 1 aliphatic carbocycles. The Morgan fingerprint density at radius 1 is 1.17 bits per heavy atom. The van der Waals surface area contributed by atoms with E-state index >= 15 is 0 Å². The average molecular weight is 581 g/mol. The van der Waals surface area contributed by atoms with Gasteiger partial charge in [-0.1, -0.05) is 40.5 Å². The van der Waals surface area contributed by atoms with E-state index in [0.717, 1.165) is 49.6 Å². The van der Waals surface area contributed by atoms with Crippen molar-refractivity contribution >= 4 is 29.3 Å². The van der Waals surface area contributed by atoms with Crippen molar-refractivity contribution in [2.24, 2.45) is 17.3 Å². The van der Waals surface area contributed by atoms with Crippen LogP contribution < -0.4 is 14.8 Å². The average Bonchev–Trinajstić information content (AvgIpc) is 3.45. The lowest BCUT2D eigenvalue weighted by Crippen LogP contribution is -2.56. The van der Waals surface area contributed by atoms with Crippen molar-refractivity contribution in [3.8, 4) is 11.6 Å². The molecule has 2 aliphatic heterocycles. The van der Waals surface area contributed by atoms with Gasteiger partial charge in [-0.05, 0) is 57.1 Å². The van der Waals surface area contributed by atoms with E-state index in [2.05, 4.69) is 5.32 Å². The maximum atomic E-state index is 14.0. The van der Waals surface area contributed by atoms with Crippen molar-refractivity contribution in [1.82, 2.24) is 20.2 Å². The number of rotatable bonds is 3. The standard InChI is InChI=1S/C32H44N4O6/c1-7-40-21-13-14-22-24(15-21)34-28-23(33-22)12-10-8-9-11-20-16-32(20,6)42-30(39)35-27(31(3,4)5)29(38)36-17-26(41-28)19(2)25(36)18-37/h13-15,18-20,25-27H,7-12,16-17H2,1-6H3,(H,35,39)/t19-,20+,25+,26-,27+,32+/m0/s1. The second kappa shape index (κ2) is 11.7. The van der Waals surface area contributed by atoms with Crippen LogP contribution in [0, 0.1) is 17.3 Å². The highest BCUT2D eigenvalue weighted by Crippen LogP contribution is 2.49. The van der Waals surface area contributed by atoms with Crippen LogP contribution >= 0.6 is 0 Å². The Balaban J connectivity index is 1.50. The summed E-state index contributed by atoms with van der Waals surface area (Å²) in [6.07, 6.45) is 5.11. The zero-order chi connectivity index (χ0) is 30.2. The quantitative estimate of drug-likeness (QED) is 0.512. The van der Waals surface area contributed by atoms with Crippen molar-refractivity contribution in [1.29, 1.82) is 0 Å². The normalized spacial score (nSPS) is 30.6. The second-order valence-corrected chi connectivity index (χ2v) is 13.3. The fourth-order valence-corrected chi connectivity index (χ4v) is 6.27. The third-order valence-corrected chi connectivity index (χ3v) is 9.05. The minimum Gasteiger partial charge on any atom is -0.494 e. The number of nitrogens with zero attached hydrogens (tertiary/aromatic N) is 3. The summed E-state index contributed by atoms with van der Waals surface area (Å²) in [6, 6.07) is 4.07. The van der Waals surface area contributed by atoms with Crippen molar-refractivity contribution in [3.05, 3.63) is 23.9 Å². The van der Waals surface area contributed by atoms with Gasteiger partial charge in [0.05, 0.1) is 30.2 Å². The number of nitrogens with one attached hydrogen (secondary N) is 1. The van der Waals surface area contributed by atoms with Crippen LogP contribution in [-0.4, -0.2) is 70.1 Å². The van der Waals surface area contributed by atoms with E-state index in [4.69, 9.17) is 24.2 Å². The number of aromatic nitrogens is 2. The lowest BCUT2D eigenvalue weighted by Gasteiger charge is -2.34. The highest BCUT2D eigenvalue weighted by molar-refractivity contribution is 5.89. The van der Waals surface area contributed by atoms with Crippen LogP contribution in [0.5, 0.6) is 11.6 Å². The zero-order valence-corrected chi connectivity index (χ0v) is 25.6. The number of aldehydes is 1. The first-order valence-corrected chi connectivity index (χ1v) is 15.3. The molecule has 1 N–H and O–H groups in total. The smallest absolute Gasteiger partial charge is 0.408 e. The fourth-order valence-electron chi connectivity index (χ4n) is 6.27. The maximum absolute atomic E-state index is 14.0. The Kier molecular flexibility index (Phi) is 8.36. The lowest BCUT2D eigenvalue weighted by atomic mass is 9.85. The van der Waals surface area contributed by atoms with Crippen molar-refractivity contribution in [2.75, 3.05) is 13.2 Å². The molecule has 3 aliphatic rings. The fraction of sp³-hybridized carbons (Fsp3) is 0.656. The van der Waals surface area contributed by atoms with Gasteiger partial charge in [-0.2, -0.15) is 0 Å². The summed E-state index contributed by atoms with van der Waals surface area (Å²) in [7, 11) is 0. The number of hydrogen-bond donors (Lipinski definition) is 1. The first kappa shape index (κ1) is 30.0. The van der Waals surface area contributed by atoms with E-state index < -0.39 is 35.3 Å². The monoisotopic (exact) mass is 580 g/mol. The van der Waals surface area contributed by atoms with Crippen LogP contribution in [-0.2, 0) is 20.7 Å². The van der Waals surface area contributed by atoms with Crippen LogP contribution in [0.1, 0.15) is 79.3 Å². The molecule has 10 nitrogen and oxygen atoms in total. The SMILES string of the molecule is CCOc1ccc2nc3c(nc2c1)O[C@H]1CN(C(=O)[C@H](C(C)(C)C)NC(=O)O[C@]2(C)C[C@H]2CCCCC3)[C@H](C=O)[C@@H]1C. The van der Waals surface area contributed by atoms with E-state index in [1.54, 1.807) is 0 Å². The first-order valence-electron chi connectivity index (χ1n) is 15.3. The molecule has 1 saturated heterocycles. The molecule has 5 rings (SSSR count). The highest BCUT2D eigenvalue weighted by atomic mass is 16.6. The number of hydrogen-bond acceptors (Lipinski definition) is 8. The van der Waals surface area contributed by atoms with Gasteiger partial charge in [0.25, 0.3) is 0 Å². The molecule has 1 saturated carbocycles. The predicted octanol–water partition coefficient (Wildman–Crippen LogP) is 4.86. The maximum Gasteiger partial charge on any atom is 0.408 e. The van der Waals surface area contributed by atoms with Gasteiger partial charge in [-0.3, -0.25) is 4.79 Å². The molecule has 2 fully saturated rings. The third kappa shape index (κ3) is 6.17. The Morgan fingerprint density at radius 2 is 1.95 bits per heavy atom. The first-order chi connectivity index (χ1) is 19.9. The summed E-state index contributed by atoms with van der Waals surface area (Å²) in [6.45, 7) is 12.2. The molecular weight excluding hydrogens is 536 g/mol. The summed E-state index contributed by atoms with van der Waals surface area (Å²) < 4.78 is 18.1. The molecule has 3 heterocycles. The van der Waals surface area contributed by atoms with Crippen molar-refractivity contribution in [2.45, 2.75) is 104 Å². The molecule has 0 spiro atoms. The summed E-state index contributed by atoms with van der Waals surface area (Å²) >= 11 is 0. The highest BCUT2D eigenvalue weighted by Gasteiger charge is 2.54. The molecule has 42 heavy (non-hydrogen) atoms. The molecule has 1 aromatic heterocycles. The van der Waals surface area contributed by atoms with Gasteiger partial charge in [-0.25, -0.2) is 14.8 Å². The summed E-state index contributed by atoms with van der Waals surface area (Å²) in [5.74, 6) is 0.797. The molecule has 6 atom stereocenters. The number of alkyl carbamates (subject to hydrolysis) is 1. The van der Waals surface area contributed by atoms with Crippen LogP contribution in [0.25, 0.3) is 11.0 Å². The number of benzene rings is 1. The number of amides is 2. The van der Waals surface area contributed by atoms with Crippen LogP contribution in [0.3, 0.4) is 0 Å². The van der Waals surface area contributed by atoms with E-state index in [-0.39, 0.29) is 18.4 Å². The van der Waals surface area contributed by atoms with Crippen molar-refractivity contribution in [3.63, 3.8) is 0 Å². The predicted molar refractivity (Wildman–Crippen MR) is 157 cm³/mol. The van der Waals surface area contributed by atoms with Crippen molar-refractivity contribution < 1.29 is 28.6 Å². The number of ether oxygens (including phenoxy) is 3. The summed E-state index contributed by atoms with van der Waals surface area (Å²) in [4.78, 5) is 50.7. The molecule has 228 valence electrons. The topological polar surface area (TPSA) is 120 Å². The van der Waals surface area contributed by atoms with Gasteiger partial charge in [-0.15, -0.1) is 0 Å². The minimum absolute atomic E-state index is 0.185. The molecular formula is C32H44N4O6. The molecule has 10 heteroatoms. The molecule has 1 aromatic carbocycles. The van der Waals surface area contributed by atoms with E-state index in [9.17, 15) is 14.4 Å². The third-order valence-electron chi connectivity index (χ3n) is 9.05. The summed E-state index contributed by atoms with van der Waals surface area (Å²) in [5, 5.41) is 2.84. The zero-order valence-electron chi connectivity index (χ0n) is 25.6. The van der Waals surface area contributed by atoms with Gasteiger partial charge < -0.3 is 29.2 Å².